The minimum absolute atomic E-state index is 0.290. The van der Waals surface area contributed by atoms with Crippen molar-refractivity contribution in [3.8, 4) is 0 Å². The Bertz CT molecular complexity index is 417. The van der Waals surface area contributed by atoms with E-state index in [2.05, 4.69) is 30.0 Å². The van der Waals surface area contributed by atoms with Crippen LogP contribution in [0.3, 0.4) is 0 Å². The molecule has 2 heteroatoms. The summed E-state index contributed by atoms with van der Waals surface area (Å²) in [5, 5.41) is 10.7. The fraction of sp³-hybridized carbons (Fsp3) is 0.625. The highest BCUT2D eigenvalue weighted by Gasteiger charge is 2.36. The van der Waals surface area contributed by atoms with E-state index < -0.39 is 0 Å². The van der Waals surface area contributed by atoms with Gasteiger partial charge in [0.2, 0.25) is 0 Å². The second kappa shape index (κ2) is 5.02. The van der Waals surface area contributed by atoms with Crippen LogP contribution in [0.2, 0.25) is 0 Å². The van der Waals surface area contributed by atoms with Crippen molar-refractivity contribution in [3.05, 3.63) is 35.4 Å². The molecule has 3 atom stereocenters. The van der Waals surface area contributed by atoms with Crippen LogP contribution in [0.1, 0.15) is 49.8 Å². The number of likely N-dealkylation sites (tertiary alicyclic amines) is 1. The zero-order valence-electron chi connectivity index (χ0n) is 11.2. The summed E-state index contributed by atoms with van der Waals surface area (Å²) in [4.78, 5) is 2.57. The van der Waals surface area contributed by atoms with Gasteiger partial charge in [0.05, 0.1) is 6.10 Å². The molecule has 0 saturated carbocycles. The van der Waals surface area contributed by atoms with Crippen LogP contribution in [0, 0.1) is 0 Å². The molecule has 98 valence electrons. The molecule has 3 unspecified atom stereocenters. The minimum atomic E-state index is -0.290. The third kappa shape index (κ3) is 1.98. The predicted molar refractivity (Wildman–Crippen MR) is 73.5 cm³/mol. The van der Waals surface area contributed by atoms with Crippen LogP contribution in [0.5, 0.6) is 0 Å². The lowest BCUT2D eigenvalue weighted by atomic mass is 9.84. The minimum Gasteiger partial charge on any atom is -0.387 e. The maximum absolute atomic E-state index is 10.7. The Hall–Kier alpha value is -0.860. The van der Waals surface area contributed by atoms with Crippen molar-refractivity contribution in [1.29, 1.82) is 0 Å². The highest BCUT2D eigenvalue weighted by molar-refractivity contribution is 5.32. The number of aliphatic hydroxyl groups is 1. The van der Waals surface area contributed by atoms with Crippen LogP contribution in [-0.4, -0.2) is 28.6 Å². The monoisotopic (exact) mass is 245 g/mol. The molecule has 3 rings (SSSR count). The molecule has 18 heavy (non-hydrogen) atoms. The zero-order valence-corrected chi connectivity index (χ0v) is 11.2. The Morgan fingerprint density at radius 1 is 1.28 bits per heavy atom. The largest absolute Gasteiger partial charge is 0.387 e. The molecule has 2 aliphatic rings. The average Bonchev–Trinajstić information content (AvgIpc) is 2.88. The first-order valence-corrected chi connectivity index (χ1v) is 7.33. The first-order valence-electron chi connectivity index (χ1n) is 7.33. The molecule has 1 aromatic carbocycles. The number of nitrogens with zero attached hydrogens (tertiary/aromatic N) is 1. The van der Waals surface area contributed by atoms with Gasteiger partial charge in [-0.05, 0) is 49.8 Å². The Kier molecular flexibility index (Phi) is 3.40. The first kappa shape index (κ1) is 12.2. The third-order valence-corrected chi connectivity index (χ3v) is 4.77. The predicted octanol–water partition coefficient (Wildman–Crippen LogP) is 2.91. The molecule has 1 fully saturated rings. The normalized spacial score (nSPS) is 32.4. The zero-order chi connectivity index (χ0) is 12.5. The van der Waals surface area contributed by atoms with Crippen molar-refractivity contribution >= 4 is 0 Å². The Morgan fingerprint density at radius 2 is 2.11 bits per heavy atom. The molecule has 1 aliphatic heterocycles. The third-order valence-electron chi connectivity index (χ3n) is 4.77. The van der Waals surface area contributed by atoms with E-state index in [1.807, 2.05) is 6.07 Å². The van der Waals surface area contributed by atoms with E-state index in [-0.39, 0.29) is 6.10 Å². The number of hydrogen-bond acceptors (Lipinski definition) is 2. The molecule has 1 saturated heterocycles. The lowest BCUT2D eigenvalue weighted by Gasteiger charge is -2.39. The van der Waals surface area contributed by atoms with Gasteiger partial charge in [-0.3, -0.25) is 4.90 Å². The molecule has 1 aromatic rings. The lowest BCUT2D eigenvalue weighted by Crippen LogP contribution is -2.44. The van der Waals surface area contributed by atoms with Gasteiger partial charge in [-0.1, -0.05) is 31.2 Å². The van der Waals surface area contributed by atoms with E-state index in [0.717, 1.165) is 18.4 Å². The molecular formula is C16H23NO. The topological polar surface area (TPSA) is 23.5 Å². The van der Waals surface area contributed by atoms with Gasteiger partial charge in [-0.25, -0.2) is 0 Å². The summed E-state index contributed by atoms with van der Waals surface area (Å²) in [6.45, 7) is 3.44. The van der Waals surface area contributed by atoms with E-state index in [0.29, 0.717) is 12.1 Å². The molecule has 0 amide bonds. The number of benzene rings is 1. The van der Waals surface area contributed by atoms with Gasteiger partial charge in [0, 0.05) is 12.1 Å². The van der Waals surface area contributed by atoms with Crippen molar-refractivity contribution in [3.63, 3.8) is 0 Å². The van der Waals surface area contributed by atoms with Gasteiger partial charge in [0.25, 0.3) is 0 Å². The molecule has 2 nitrogen and oxygen atoms in total. The van der Waals surface area contributed by atoms with Crippen LogP contribution >= 0.6 is 0 Å². The smallest absolute Gasteiger partial charge is 0.0948 e. The molecule has 0 aromatic heterocycles. The molecule has 1 heterocycles. The van der Waals surface area contributed by atoms with Gasteiger partial charge < -0.3 is 5.11 Å². The quantitative estimate of drug-likeness (QED) is 0.866. The number of rotatable bonds is 2. The van der Waals surface area contributed by atoms with Crippen LogP contribution < -0.4 is 0 Å². The van der Waals surface area contributed by atoms with Crippen LogP contribution in [-0.2, 0) is 6.42 Å². The highest BCUT2D eigenvalue weighted by atomic mass is 16.3. The van der Waals surface area contributed by atoms with Crippen molar-refractivity contribution in [2.75, 3.05) is 6.54 Å². The van der Waals surface area contributed by atoms with Crippen molar-refractivity contribution < 1.29 is 5.11 Å². The maximum atomic E-state index is 10.7. The lowest BCUT2D eigenvalue weighted by molar-refractivity contribution is 0.0282. The molecule has 1 N–H and O–H groups in total. The second-order valence-corrected chi connectivity index (χ2v) is 5.69. The van der Waals surface area contributed by atoms with Crippen molar-refractivity contribution in [2.24, 2.45) is 0 Å². The number of aliphatic hydroxyl groups excluding tert-OH is 1. The van der Waals surface area contributed by atoms with E-state index in [4.69, 9.17) is 0 Å². The van der Waals surface area contributed by atoms with Gasteiger partial charge in [0.15, 0.2) is 0 Å². The summed E-state index contributed by atoms with van der Waals surface area (Å²) < 4.78 is 0. The fourth-order valence-electron chi connectivity index (χ4n) is 3.80. The maximum Gasteiger partial charge on any atom is 0.0948 e. The Balaban J connectivity index is 1.84. The number of fused-ring (bicyclic) bond motifs is 1. The van der Waals surface area contributed by atoms with Gasteiger partial charge >= 0.3 is 0 Å². The van der Waals surface area contributed by atoms with Gasteiger partial charge in [-0.15, -0.1) is 0 Å². The van der Waals surface area contributed by atoms with E-state index in [1.165, 1.54) is 31.4 Å². The number of hydrogen-bond donors (Lipinski definition) is 1. The van der Waals surface area contributed by atoms with Crippen LogP contribution in [0.15, 0.2) is 24.3 Å². The molecule has 0 spiro atoms. The van der Waals surface area contributed by atoms with E-state index >= 15 is 0 Å². The summed E-state index contributed by atoms with van der Waals surface area (Å²) >= 11 is 0. The number of aryl methyl sites for hydroxylation is 1. The summed E-state index contributed by atoms with van der Waals surface area (Å²) in [6.07, 6.45) is 5.75. The summed E-state index contributed by atoms with van der Waals surface area (Å²) in [5.41, 5.74) is 2.50. The summed E-state index contributed by atoms with van der Waals surface area (Å²) in [7, 11) is 0. The fourth-order valence-corrected chi connectivity index (χ4v) is 3.80. The summed E-state index contributed by atoms with van der Waals surface area (Å²) in [6, 6.07) is 9.42. The van der Waals surface area contributed by atoms with Crippen LogP contribution in [0.4, 0.5) is 0 Å². The van der Waals surface area contributed by atoms with E-state index in [1.54, 1.807) is 0 Å². The standard InChI is InChI=1S/C16H23NO/c1-2-13-7-5-11-17(13)15-10-9-12-6-3-4-8-14(12)16(15)18/h3-4,6,8,13,15-16,18H,2,5,7,9-11H2,1H3. The van der Waals surface area contributed by atoms with Gasteiger partial charge in [-0.2, -0.15) is 0 Å². The Labute approximate surface area is 110 Å². The first-order chi connectivity index (χ1) is 8.81. The second-order valence-electron chi connectivity index (χ2n) is 5.69. The van der Waals surface area contributed by atoms with Crippen molar-refractivity contribution in [2.45, 2.75) is 57.2 Å². The Morgan fingerprint density at radius 3 is 2.94 bits per heavy atom. The molecule has 0 bridgehead atoms. The van der Waals surface area contributed by atoms with Crippen LogP contribution in [0.25, 0.3) is 0 Å². The molecule has 1 aliphatic carbocycles. The van der Waals surface area contributed by atoms with E-state index in [9.17, 15) is 5.11 Å². The van der Waals surface area contributed by atoms with Gasteiger partial charge in [0.1, 0.15) is 0 Å². The summed E-state index contributed by atoms with van der Waals surface area (Å²) in [5.74, 6) is 0. The molecule has 0 radical (unpaired) electrons. The molecular weight excluding hydrogens is 222 g/mol. The SMILES string of the molecule is CCC1CCCN1C1CCc2ccccc2C1O. The highest BCUT2D eigenvalue weighted by Crippen LogP contribution is 2.36. The average molecular weight is 245 g/mol. The van der Waals surface area contributed by atoms with Crippen molar-refractivity contribution in [1.82, 2.24) is 4.90 Å².